The van der Waals surface area contributed by atoms with E-state index in [1.807, 2.05) is 12.1 Å². The van der Waals surface area contributed by atoms with Gasteiger partial charge in [-0.15, -0.1) is 0 Å². The number of halogens is 3. The van der Waals surface area contributed by atoms with E-state index in [-0.39, 0.29) is 11.6 Å². The highest BCUT2D eigenvalue weighted by molar-refractivity contribution is 14.1. The third kappa shape index (κ3) is 3.26. The van der Waals surface area contributed by atoms with Crippen LogP contribution in [0.25, 0.3) is 5.69 Å². The minimum absolute atomic E-state index is 0.178. The van der Waals surface area contributed by atoms with Crippen LogP contribution < -0.4 is 5.32 Å². The number of rotatable bonds is 3. The molecule has 6 heteroatoms. The van der Waals surface area contributed by atoms with Crippen molar-refractivity contribution in [2.75, 3.05) is 5.32 Å². The molecule has 0 fully saturated rings. The SMILES string of the molecule is O=C(Nc1ccn(-c2c(F)cccc2F)c1)c1ccccc1I. The van der Waals surface area contributed by atoms with Crippen LogP contribution in [0.3, 0.4) is 0 Å². The molecule has 116 valence electrons. The van der Waals surface area contributed by atoms with Gasteiger partial charge in [0.05, 0.1) is 11.3 Å². The summed E-state index contributed by atoms with van der Waals surface area (Å²) in [7, 11) is 0. The summed E-state index contributed by atoms with van der Waals surface area (Å²) in [5.41, 5.74) is 0.817. The van der Waals surface area contributed by atoms with E-state index in [2.05, 4.69) is 27.9 Å². The molecule has 0 saturated carbocycles. The van der Waals surface area contributed by atoms with E-state index in [0.29, 0.717) is 11.3 Å². The van der Waals surface area contributed by atoms with Crippen molar-refractivity contribution in [3.05, 3.63) is 81.7 Å². The summed E-state index contributed by atoms with van der Waals surface area (Å²) < 4.78 is 29.7. The van der Waals surface area contributed by atoms with Crippen molar-refractivity contribution in [2.24, 2.45) is 0 Å². The monoisotopic (exact) mass is 424 g/mol. The van der Waals surface area contributed by atoms with Gasteiger partial charge in [0, 0.05) is 16.0 Å². The summed E-state index contributed by atoms with van der Waals surface area (Å²) >= 11 is 2.08. The molecular formula is C17H11F2IN2O. The van der Waals surface area contributed by atoms with Crippen LogP contribution >= 0.6 is 22.6 Å². The lowest BCUT2D eigenvalue weighted by Gasteiger charge is -2.06. The van der Waals surface area contributed by atoms with Crippen LogP contribution in [0.4, 0.5) is 14.5 Å². The molecule has 0 unspecified atom stereocenters. The largest absolute Gasteiger partial charge is 0.321 e. The van der Waals surface area contributed by atoms with Gasteiger partial charge in [-0.1, -0.05) is 18.2 Å². The fraction of sp³-hybridized carbons (Fsp3) is 0. The molecule has 3 aromatic rings. The quantitative estimate of drug-likeness (QED) is 0.613. The second-order valence-corrected chi connectivity index (χ2v) is 5.97. The molecule has 0 atom stereocenters. The molecule has 1 heterocycles. The van der Waals surface area contributed by atoms with Gasteiger partial charge in [0.15, 0.2) is 0 Å². The van der Waals surface area contributed by atoms with Crippen molar-refractivity contribution in [1.29, 1.82) is 0 Å². The van der Waals surface area contributed by atoms with Gasteiger partial charge in [0.2, 0.25) is 0 Å². The summed E-state index contributed by atoms with van der Waals surface area (Å²) in [6.45, 7) is 0. The highest BCUT2D eigenvalue weighted by atomic mass is 127. The molecule has 0 aliphatic carbocycles. The van der Waals surface area contributed by atoms with Gasteiger partial charge >= 0.3 is 0 Å². The first-order valence-electron chi connectivity index (χ1n) is 6.74. The van der Waals surface area contributed by atoms with Crippen LogP contribution in [-0.4, -0.2) is 10.5 Å². The number of aromatic nitrogens is 1. The Hall–Kier alpha value is -2.22. The first kappa shape index (κ1) is 15.7. The third-order valence-electron chi connectivity index (χ3n) is 3.26. The van der Waals surface area contributed by atoms with Crippen molar-refractivity contribution in [3.63, 3.8) is 0 Å². The van der Waals surface area contributed by atoms with Crippen LogP contribution in [-0.2, 0) is 0 Å². The number of hydrogen-bond acceptors (Lipinski definition) is 1. The fourth-order valence-corrected chi connectivity index (χ4v) is 2.82. The van der Waals surface area contributed by atoms with E-state index in [0.717, 1.165) is 3.57 Å². The summed E-state index contributed by atoms with van der Waals surface area (Å²) in [6.07, 6.45) is 2.96. The molecule has 1 amide bonds. The predicted octanol–water partition coefficient (Wildman–Crippen LogP) is 4.61. The Kier molecular flexibility index (Phi) is 4.42. The average molecular weight is 424 g/mol. The maximum absolute atomic E-state index is 13.8. The van der Waals surface area contributed by atoms with E-state index in [4.69, 9.17) is 0 Å². The Bertz CT molecular complexity index is 856. The zero-order valence-electron chi connectivity index (χ0n) is 11.8. The van der Waals surface area contributed by atoms with E-state index < -0.39 is 11.6 Å². The van der Waals surface area contributed by atoms with Crippen molar-refractivity contribution >= 4 is 34.2 Å². The molecule has 0 saturated heterocycles. The van der Waals surface area contributed by atoms with Gasteiger partial charge in [-0.25, -0.2) is 8.78 Å². The number of amides is 1. The minimum atomic E-state index is -0.670. The van der Waals surface area contributed by atoms with Crippen molar-refractivity contribution < 1.29 is 13.6 Å². The number of hydrogen-bond donors (Lipinski definition) is 1. The molecule has 1 N–H and O–H groups in total. The molecule has 0 bridgehead atoms. The summed E-state index contributed by atoms with van der Waals surface area (Å²) in [6, 6.07) is 12.4. The van der Waals surface area contributed by atoms with Crippen LogP contribution in [0.15, 0.2) is 60.9 Å². The number of nitrogens with zero attached hydrogens (tertiary/aromatic N) is 1. The molecule has 0 radical (unpaired) electrons. The predicted molar refractivity (Wildman–Crippen MR) is 92.8 cm³/mol. The first-order chi connectivity index (χ1) is 11.1. The normalized spacial score (nSPS) is 10.6. The zero-order chi connectivity index (χ0) is 16.4. The molecule has 23 heavy (non-hydrogen) atoms. The molecule has 1 aromatic heterocycles. The maximum atomic E-state index is 13.8. The smallest absolute Gasteiger partial charge is 0.256 e. The van der Waals surface area contributed by atoms with Crippen molar-refractivity contribution in [3.8, 4) is 5.69 Å². The number of para-hydroxylation sites is 1. The number of benzene rings is 2. The molecule has 2 aromatic carbocycles. The van der Waals surface area contributed by atoms with E-state index in [9.17, 15) is 13.6 Å². The van der Waals surface area contributed by atoms with Crippen molar-refractivity contribution in [2.45, 2.75) is 0 Å². The van der Waals surface area contributed by atoms with Crippen LogP contribution in [0.5, 0.6) is 0 Å². The highest BCUT2D eigenvalue weighted by Crippen LogP contribution is 2.21. The van der Waals surface area contributed by atoms with Gasteiger partial charge < -0.3 is 9.88 Å². The van der Waals surface area contributed by atoms with Gasteiger partial charge in [-0.3, -0.25) is 4.79 Å². The number of carbonyl (C=O) groups is 1. The lowest BCUT2D eigenvalue weighted by molar-refractivity contribution is 0.102. The molecule has 0 spiro atoms. The highest BCUT2D eigenvalue weighted by Gasteiger charge is 2.13. The van der Waals surface area contributed by atoms with Gasteiger partial charge in [-0.2, -0.15) is 0 Å². The van der Waals surface area contributed by atoms with Crippen LogP contribution in [0, 0.1) is 15.2 Å². The molecular weight excluding hydrogens is 413 g/mol. The lowest BCUT2D eigenvalue weighted by atomic mass is 10.2. The average Bonchev–Trinajstić information content (AvgIpc) is 2.95. The minimum Gasteiger partial charge on any atom is -0.321 e. The number of anilines is 1. The Labute approximate surface area is 145 Å². The molecule has 3 nitrogen and oxygen atoms in total. The molecule has 3 rings (SSSR count). The van der Waals surface area contributed by atoms with Crippen molar-refractivity contribution in [1.82, 2.24) is 4.57 Å². The fourth-order valence-electron chi connectivity index (χ4n) is 2.19. The van der Waals surface area contributed by atoms with Gasteiger partial charge in [-0.05, 0) is 52.9 Å². The zero-order valence-corrected chi connectivity index (χ0v) is 13.9. The second kappa shape index (κ2) is 6.49. The van der Waals surface area contributed by atoms with Crippen LogP contribution in [0.2, 0.25) is 0 Å². The summed E-state index contributed by atoms with van der Waals surface area (Å²) in [5, 5.41) is 2.72. The Morgan fingerprint density at radius 3 is 2.39 bits per heavy atom. The second-order valence-electron chi connectivity index (χ2n) is 4.81. The Morgan fingerprint density at radius 2 is 1.70 bits per heavy atom. The van der Waals surface area contributed by atoms with E-state index >= 15 is 0 Å². The Morgan fingerprint density at radius 1 is 1.00 bits per heavy atom. The standard InChI is InChI=1S/C17H11F2IN2O/c18-13-5-3-6-14(19)16(13)22-9-8-11(10-22)21-17(23)12-4-1-2-7-15(12)20/h1-10H,(H,21,23). The van der Waals surface area contributed by atoms with Gasteiger partial charge in [0.25, 0.3) is 5.91 Å². The topological polar surface area (TPSA) is 34.0 Å². The lowest BCUT2D eigenvalue weighted by Crippen LogP contribution is -2.12. The maximum Gasteiger partial charge on any atom is 0.256 e. The van der Waals surface area contributed by atoms with Crippen LogP contribution in [0.1, 0.15) is 10.4 Å². The van der Waals surface area contributed by atoms with E-state index in [1.54, 1.807) is 18.2 Å². The first-order valence-corrected chi connectivity index (χ1v) is 7.82. The number of carbonyl (C=O) groups excluding carboxylic acids is 1. The summed E-state index contributed by atoms with van der Waals surface area (Å²) in [5.74, 6) is -1.62. The summed E-state index contributed by atoms with van der Waals surface area (Å²) in [4.78, 5) is 12.2. The third-order valence-corrected chi connectivity index (χ3v) is 4.21. The Balaban J connectivity index is 1.86. The van der Waals surface area contributed by atoms with E-state index in [1.165, 1.54) is 35.2 Å². The molecule has 0 aliphatic rings. The number of nitrogens with one attached hydrogen (secondary N) is 1. The van der Waals surface area contributed by atoms with Gasteiger partial charge in [0.1, 0.15) is 17.3 Å². The molecule has 0 aliphatic heterocycles.